The lowest BCUT2D eigenvalue weighted by Gasteiger charge is -2.00. The number of hydrogen-bond acceptors (Lipinski definition) is 4. The topological polar surface area (TPSA) is 87.8 Å². The summed E-state index contributed by atoms with van der Waals surface area (Å²) in [5, 5.41) is 17.0. The number of phenolic OH excluding ortho intramolecular Hbond substituents is 1. The third kappa shape index (κ3) is 2.31. The number of nitrogens with zero attached hydrogens (tertiary/aromatic N) is 2. The molecule has 0 amide bonds. The van der Waals surface area contributed by atoms with Crippen molar-refractivity contribution in [1.82, 2.24) is 15.2 Å². The van der Waals surface area contributed by atoms with Crippen molar-refractivity contribution in [3.63, 3.8) is 0 Å². The van der Waals surface area contributed by atoms with Crippen LogP contribution >= 0.6 is 11.6 Å². The summed E-state index contributed by atoms with van der Waals surface area (Å²) in [6.45, 7) is 0. The van der Waals surface area contributed by atoms with E-state index in [2.05, 4.69) is 15.2 Å². The summed E-state index contributed by atoms with van der Waals surface area (Å²) in [7, 11) is 0. The summed E-state index contributed by atoms with van der Waals surface area (Å²) in [6.07, 6.45) is 0. The third-order valence-corrected chi connectivity index (χ3v) is 3.10. The molecule has 0 radical (unpaired) electrons. The summed E-state index contributed by atoms with van der Waals surface area (Å²) in [5.74, 6) is 1.17. The normalized spacial score (nSPS) is 10.7. The lowest BCUT2D eigenvalue weighted by molar-refractivity contribution is 0.478. The second-order valence-electron chi connectivity index (χ2n) is 4.29. The number of aromatic amines is 1. The van der Waals surface area contributed by atoms with Crippen LogP contribution in [-0.4, -0.2) is 20.3 Å². The second kappa shape index (κ2) is 4.86. The maximum Gasteiger partial charge on any atom is 0.181 e. The van der Waals surface area contributed by atoms with Gasteiger partial charge < -0.3 is 10.8 Å². The summed E-state index contributed by atoms with van der Waals surface area (Å²) < 4.78 is 0. The predicted molar refractivity (Wildman–Crippen MR) is 78.3 cm³/mol. The van der Waals surface area contributed by atoms with Gasteiger partial charge in [0.25, 0.3) is 0 Å². The largest absolute Gasteiger partial charge is 0.506 e. The van der Waals surface area contributed by atoms with Crippen LogP contribution in [0.25, 0.3) is 22.8 Å². The van der Waals surface area contributed by atoms with Gasteiger partial charge in [-0.15, -0.1) is 0 Å². The number of nitrogen functional groups attached to an aromatic ring is 1. The van der Waals surface area contributed by atoms with Gasteiger partial charge in [-0.05, 0) is 30.3 Å². The van der Waals surface area contributed by atoms with Gasteiger partial charge in [0.05, 0.1) is 5.69 Å². The number of benzene rings is 2. The Kier molecular flexibility index (Phi) is 3.04. The highest BCUT2D eigenvalue weighted by Crippen LogP contribution is 2.27. The van der Waals surface area contributed by atoms with Gasteiger partial charge in [0.15, 0.2) is 11.6 Å². The lowest BCUT2D eigenvalue weighted by atomic mass is 10.2. The number of halogens is 1. The van der Waals surface area contributed by atoms with Crippen molar-refractivity contribution in [3.05, 3.63) is 47.5 Å². The van der Waals surface area contributed by atoms with Crippen LogP contribution in [0.4, 0.5) is 5.69 Å². The minimum absolute atomic E-state index is 0.0447. The quantitative estimate of drug-likeness (QED) is 0.499. The first-order valence-electron chi connectivity index (χ1n) is 5.91. The molecule has 0 saturated heterocycles. The predicted octanol–water partition coefficient (Wildman–Crippen LogP) is 3.08. The maximum atomic E-state index is 9.42. The smallest absolute Gasteiger partial charge is 0.181 e. The Morgan fingerprint density at radius 1 is 1.10 bits per heavy atom. The van der Waals surface area contributed by atoms with Gasteiger partial charge >= 0.3 is 0 Å². The first-order chi connectivity index (χ1) is 9.63. The number of nitrogens with one attached hydrogen (secondary N) is 1. The zero-order valence-corrected chi connectivity index (χ0v) is 11.1. The fourth-order valence-electron chi connectivity index (χ4n) is 1.85. The molecule has 4 N–H and O–H groups in total. The number of hydrogen-bond donors (Lipinski definition) is 3. The molecule has 2 aromatic carbocycles. The van der Waals surface area contributed by atoms with Crippen molar-refractivity contribution in [2.45, 2.75) is 0 Å². The molecule has 0 aliphatic heterocycles. The molecule has 0 aliphatic carbocycles. The number of anilines is 1. The number of phenols is 1. The average molecular weight is 287 g/mol. The molecule has 0 aliphatic rings. The molecule has 0 atom stereocenters. The Labute approximate surface area is 120 Å². The van der Waals surface area contributed by atoms with E-state index in [9.17, 15) is 5.11 Å². The molecular formula is C14H11ClN4O. The van der Waals surface area contributed by atoms with Crippen molar-refractivity contribution < 1.29 is 5.11 Å². The Morgan fingerprint density at radius 3 is 2.70 bits per heavy atom. The third-order valence-electron chi connectivity index (χ3n) is 2.87. The molecule has 0 bridgehead atoms. The van der Waals surface area contributed by atoms with Crippen molar-refractivity contribution >= 4 is 17.3 Å². The van der Waals surface area contributed by atoms with Crippen molar-refractivity contribution in [2.24, 2.45) is 0 Å². The Hall–Kier alpha value is -2.53. The lowest BCUT2D eigenvalue weighted by Crippen LogP contribution is -1.88. The summed E-state index contributed by atoms with van der Waals surface area (Å²) in [5.41, 5.74) is 7.54. The minimum Gasteiger partial charge on any atom is -0.506 e. The number of rotatable bonds is 2. The van der Waals surface area contributed by atoms with Gasteiger partial charge in [-0.25, -0.2) is 4.98 Å². The van der Waals surface area contributed by atoms with E-state index >= 15 is 0 Å². The number of aromatic hydroxyl groups is 1. The Bertz CT molecular complexity index is 769. The van der Waals surface area contributed by atoms with Gasteiger partial charge in [0.2, 0.25) is 0 Å². The molecule has 20 heavy (non-hydrogen) atoms. The maximum absolute atomic E-state index is 9.42. The highest BCUT2D eigenvalue weighted by Gasteiger charge is 2.09. The number of aromatic nitrogens is 3. The summed E-state index contributed by atoms with van der Waals surface area (Å²) >= 11 is 5.95. The first-order valence-corrected chi connectivity index (χ1v) is 6.28. The molecule has 0 spiro atoms. The SMILES string of the molecule is Nc1cc(-c2nc(-c3cccc(Cl)c3)n[nH]2)ccc1O. The number of H-pyrrole nitrogens is 1. The van der Waals surface area contributed by atoms with Crippen LogP contribution in [0.15, 0.2) is 42.5 Å². The van der Waals surface area contributed by atoms with E-state index in [1.165, 1.54) is 6.07 Å². The van der Waals surface area contributed by atoms with Gasteiger partial charge in [0.1, 0.15) is 5.75 Å². The highest BCUT2D eigenvalue weighted by molar-refractivity contribution is 6.30. The monoisotopic (exact) mass is 286 g/mol. The molecule has 3 aromatic rings. The summed E-state index contributed by atoms with van der Waals surface area (Å²) in [4.78, 5) is 4.40. The van der Waals surface area contributed by atoms with E-state index in [4.69, 9.17) is 17.3 Å². The van der Waals surface area contributed by atoms with Gasteiger partial charge in [0, 0.05) is 16.1 Å². The fourth-order valence-corrected chi connectivity index (χ4v) is 2.04. The number of nitrogens with two attached hydrogens (primary N) is 1. The first kappa shape index (κ1) is 12.5. The van der Waals surface area contributed by atoms with Crippen LogP contribution in [0.2, 0.25) is 5.02 Å². The van der Waals surface area contributed by atoms with Gasteiger partial charge in [-0.3, -0.25) is 5.10 Å². The van der Waals surface area contributed by atoms with Crippen LogP contribution in [0.5, 0.6) is 5.75 Å². The van der Waals surface area contributed by atoms with Crippen molar-refractivity contribution in [3.8, 4) is 28.5 Å². The average Bonchev–Trinajstić information content (AvgIpc) is 2.92. The van der Waals surface area contributed by atoms with E-state index in [1.807, 2.05) is 12.1 Å². The van der Waals surface area contributed by atoms with Crippen LogP contribution in [-0.2, 0) is 0 Å². The zero-order valence-electron chi connectivity index (χ0n) is 10.3. The molecular weight excluding hydrogens is 276 g/mol. The molecule has 5 nitrogen and oxygen atoms in total. The Balaban J connectivity index is 1.99. The molecule has 100 valence electrons. The van der Waals surface area contributed by atoms with Crippen LogP contribution in [0.1, 0.15) is 0 Å². The Morgan fingerprint density at radius 2 is 1.95 bits per heavy atom. The molecule has 0 saturated carbocycles. The molecule has 0 unspecified atom stereocenters. The zero-order chi connectivity index (χ0) is 14.1. The fraction of sp³-hybridized carbons (Fsp3) is 0. The molecule has 3 rings (SSSR count). The van der Waals surface area contributed by atoms with E-state index in [-0.39, 0.29) is 5.75 Å². The van der Waals surface area contributed by atoms with E-state index in [1.54, 1.807) is 24.3 Å². The van der Waals surface area contributed by atoms with E-state index < -0.39 is 0 Å². The van der Waals surface area contributed by atoms with E-state index in [0.29, 0.717) is 22.4 Å². The van der Waals surface area contributed by atoms with Crippen molar-refractivity contribution in [1.29, 1.82) is 0 Å². The summed E-state index contributed by atoms with van der Waals surface area (Å²) in [6, 6.07) is 12.2. The molecule has 1 aromatic heterocycles. The van der Waals surface area contributed by atoms with Crippen LogP contribution in [0, 0.1) is 0 Å². The van der Waals surface area contributed by atoms with Gasteiger partial charge in [-0.2, -0.15) is 5.10 Å². The molecule has 1 heterocycles. The highest BCUT2D eigenvalue weighted by atomic mass is 35.5. The minimum atomic E-state index is 0.0447. The van der Waals surface area contributed by atoms with Gasteiger partial charge in [-0.1, -0.05) is 23.7 Å². The van der Waals surface area contributed by atoms with Crippen LogP contribution < -0.4 is 5.73 Å². The van der Waals surface area contributed by atoms with Crippen molar-refractivity contribution in [2.75, 3.05) is 5.73 Å². The molecule has 6 heteroatoms. The molecule has 0 fully saturated rings. The standard InChI is InChI=1S/C14H11ClN4O/c15-10-3-1-2-8(6-10)13-17-14(19-18-13)9-4-5-12(20)11(16)7-9/h1-7,20H,16H2,(H,17,18,19). The van der Waals surface area contributed by atoms with Crippen LogP contribution in [0.3, 0.4) is 0 Å². The second-order valence-corrected chi connectivity index (χ2v) is 4.73. The van der Waals surface area contributed by atoms with E-state index in [0.717, 1.165) is 11.1 Å².